The fourth-order valence-corrected chi connectivity index (χ4v) is 3.38. The molecule has 6 heteroatoms. The molecule has 2 aliphatic rings. The first-order chi connectivity index (χ1) is 10.3. The van der Waals surface area contributed by atoms with Gasteiger partial charge in [0, 0.05) is 32.6 Å². The number of piperidine rings is 1. The van der Waals surface area contributed by atoms with Gasteiger partial charge in [0.2, 0.25) is 0 Å². The van der Waals surface area contributed by atoms with Crippen LogP contribution in [0.1, 0.15) is 37.3 Å². The summed E-state index contributed by atoms with van der Waals surface area (Å²) < 4.78 is 7.62. The average Bonchev–Trinajstić information content (AvgIpc) is 2.89. The molecule has 0 saturated carbocycles. The third kappa shape index (κ3) is 3.44. The first-order valence-electron chi connectivity index (χ1n) is 8.18. The number of nitrogens with zero attached hydrogens (tertiary/aromatic N) is 5. The first-order valence-corrected chi connectivity index (χ1v) is 8.18. The number of hydrogen-bond acceptors (Lipinski definition) is 5. The second-order valence-corrected chi connectivity index (χ2v) is 6.15. The maximum Gasteiger partial charge on any atom is 0.146 e. The quantitative estimate of drug-likeness (QED) is 0.823. The van der Waals surface area contributed by atoms with Crippen molar-refractivity contribution in [3.63, 3.8) is 0 Å². The Morgan fingerprint density at radius 2 is 1.95 bits per heavy atom. The molecule has 0 N–H and O–H groups in total. The molecule has 0 amide bonds. The highest BCUT2D eigenvalue weighted by molar-refractivity contribution is 5.04. The molecule has 2 fully saturated rings. The summed E-state index contributed by atoms with van der Waals surface area (Å²) in [7, 11) is 2.12. The normalized spacial score (nSPS) is 25.3. The molecular weight excluding hydrogens is 266 g/mol. The Bertz CT molecular complexity index is 455. The van der Waals surface area contributed by atoms with E-state index in [-0.39, 0.29) is 0 Å². The van der Waals surface area contributed by atoms with E-state index in [1.807, 2.05) is 0 Å². The van der Waals surface area contributed by atoms with Gasteiger partial charge in [0.25, 0.3) is 0 Å². The van der Waals surface area contributed by atoms with Crippen LogP contribution in [0.4, 0.5) is 0 Å². The van der Waals surface area contributed by atoms with Gasteiger partial charge in [-0.05, 0) is 25.9 Å². The topological polar surface area (TPSA) is 46.4 Å². The molecule has 1 unspecified atom stereocenters. The summed E-state index contributed by atoms with van der Waals surface area (Å²) in [5.74, 6) is 2.78. The number of morpholine rings is 1. The predicted octanol–water partition coefficient (Wildman–Crippen LogP) is 0.847. The maximum absolute atomic E-state index is 5.40. The van der Waals surface area contributed by atoms with Crippen molar-refractivity contribution in [3.05, 3.63) is 11.6 Å². The van der Waals surface area contributed by atoms with Gasteiger partial charge >= 0.3 is 0 Å². The zero-order valence-electron chi connectivity index (χ0n) is 13.3. The minimum absolute atomic E-state index is 0.537. The molecular formula is C15H27N5O. The third-order valence-corrected chi connectivity index (χ3v) is 4.79. The van der Waals surface area contributed by atoms with Crippen molar-refractivity contribution in [3.8, 4) is 0 Å². The van der Waals surface area contributed by atoms with Crippen LogP contribution >= 0.6 is 0 Å². The van der Waals surface area contributed by atoms with Gasteiger partial charge in [-0.25, -0.2) is 0 Å². The Morgan fingerprint density at radius 1 is 1.14 bits per heavy atom. The van der Waals surface area contributed by atoms with Gasteiger partial charge in [0.05, 0.1) is 19.8 Å². The van der Waals surface area contributed by atoms with Crippen molar-refractivity contribution in [2.45, 2.75) is 32.2 Å². The zero-order chi connectivity index (χ0) is 14.7. The molecule has 118 valence electrons. The number of likely N-dealkylation sites (tertiary alicyclic amines) is 1. The third-order valence-electron chi connectivity index (χ3n) is 4.79. The van der Waals surface area contributed by atoms with Crippen LogP contribution in [-0.2, 0) is 18.3 Å². The fourth-order valence-electron chi connectivity index (χ4n) is 3.38. The van der Waals surface area contributed by atoms with E-state index in [2.05, 4.69) is 38.5 Å². The molecule has 6 nitrogen and oxygen atoms in total. The van der Waals surface area contributed by atoms with Crippen LogP contribution in [0, 0.1) is 0 Å². The second-order valence-electron chi connectivity index (χ2n) is 6.15. The van der Waals surface area contributed by atoms with Crippen molar-refractivity contribution in [2.75, 3.05) is 45.9 Å². The molecule has 0 aromatic carbocycles. The van der Waals surface area contributed by atoms with Crippen LogP contribution in [0.3, 0.4) is 0 Å². The lowest BCUT2D eigenvalue weighted by Gasteiger charge is -2.31. The van der Waals surface area contributed by atoms with Crippen molar-refractivity contribution < 1.29 is 4.74 Å². The number of hydrogen-bond donors (Lipinski definition) is 0. The highest BCUT2D eigenvalue weighted by Crippen LogP contribution is 2.25. The molecule has 0 spiro atoms. The van der Waals surface area contributed by atoms with Crippen LogP contribution in [0.5, 0.6) is 0 Å². The van der Waals surface area contributed by atoms with Gasteiger partial charge in [-0.3, -0.25) is 4.90 Å². The molecule has 21 heavy (non-hydrogen) atoms. The Labute approximate surface area is 127 Å². The van der Waals surface area contributed by atoms with Crippen LogP contribution in [0.25, 0.3) is 0 Å². The number of ether oxygens (including phenoxy) is 1. The molecule has 0 aliphatic carbocycles. The van der Waals surface area contributed by atoms with Gasteiger partial charge in [-0.15, -0.1) is 10.2 Å². The standard InChI is InChI=1S/C15H27N5O/c1-3-19-6-4-5-13(11-19)15-17-16-14(18(15)2)12-20-7-9-21-10-8-20/h13H,3-12H2,1-2H3. The van der Waals surface area contributed by atoms with Gasteiger partial charge in [0.1, 0.15) is 11.6 Å². The SMILES string of the molecule is CCN1CCCC(c2nnc(CN3CCOCC3)n2C)C1. The molecule has 2 aliphatic heterocycles. The zero-order valence-corrected chi connectivity index (χ0v) is 13.3. The summed E-state index contributed by atoms with van der Waals surface area (Å²) in [6.45, 7) is 10.3. The van der Waals surface area contributed by atoms with Gasteiger partial charge in [0.15, 0.2) is 0 Å². The predicted molar refractivity (Wildman–Crippen MR) is 81.2 cm³/mol. The summed E-state index contributed by atoms with van der Waals surface area (Å²) in [6.07, 6.45) is 2.50. The van der Waals surface area contributed by atoms with Crippen molar-refractivity contribution in [1.82, 2.24) is 24.6 Å². The minimum atomic E-state index is 0.537. The van der Waals surface area contributed by atoms with E-state index in [4.69, 9.17) is 4.74 Å². The van der Waals surface area contributed by atoms with Gasteiger partial charge in [-0.2, -0.15) is 0 Å². The Balaban J connectivity index is 1.66. The molecule has 1 aromatic heterocycles. The maximum atomic E-state index is 5.40. The van der Waals surface area contributed by atoms with E-state index >= 15 is 0 Å². The van der Waals surface area contributed by atoms with Crippen LogP contribution in [0.15, 0.2) is 0 Å². The van der Waals surface area contributed by atoms with Crippen LogP contribution in [0.2, 0.25) is 0 Å². The summed E-state index contributed by atoms with van der Waals surface area (Å²) in [6, 6.07) is 0. The number of aromatic nitrogens is 3. The van der Waals surface area contributed by atoms with E-state index < -0.39 is 0 Å². The smallest absolute Gasteiger partial charge is 0.146 e. The Morgan fingerprint density at radius 3 is 2.71 bits per heavy atom. The van der Waals surface area contributed by atoms with E-state index in [9.17, 15) is 0 Å². The first kappa shape index (κ1) is 14.9. The van der Waals surface area contributed by atoms with Crippen molar-refractivity contribution in [1.29, 1.82) is 0 Å². The highest BCUT2D eigenvalue weighted by Gasteiger charge is 2.25. The molecule has 1 atom stereocenters. The lowest BCUT2D eigenvalue weighted by Crippen LogP contribution is -2.36. The number of rotatable bonds is 4. The van der Waals surface area contributed by atoms with E-state index in [0.717, 1.165) is 57.6 Å². The van der Waals surface area contributed by atoms with Gasteiger partial charge in [-0.1, -0.05) is 6.92 Å². The molecule has 3 rings (SSSR count). The molecule has 3 heterocycles. The lowest BCUT2D eigenvalue weighted by atomic mass is 9.97. The second kappa shape index (κ2) is 6.85. The summed E-state index contributed by atoms with van der Waals surface area (Å²) in [5, 5.41) is 8.95. The fraction of sp³-hybridized carbons (Fsp3) is 0.867. The van der Waals surface area contributed by atoms with Crippen molar-refractivity contribution >= 4 is 0 Å². The lowest BCUT2D eigenvalue weighted by molar-refractivity contribution is 0.0326. The van der Waals surface area contributed by atoms with Gasteiger partial charge < -0.3 is 14.2 Å². The summed E-state index contributed by atoms with van der Waals surface area (Å²) in [4.78, 5) is 4.92. The molecule has 0 bridgehead atoms. The van der Waals surface area contributed by atoms with Crippen molar-refractivity contribution in [2.24, 2.45) is 7.05 Å². The minimum Gasteiger partial charge on any atom is -0.379 e. The monoisotopic (exact) mass is 293 g/mol. The molecule has 2 saturated heterocycles. The Hall–Kier alpha value is -0.980. The van der Waals surface area contributed by atoms with Crippen LogP contribution < -0.4 is 0 Å². The van der Waals surface area contributed by atoms with E-state index in [0.29, 0.717) is 5.92 Å². The highest BCUT2D eigenvalue weighted by atomic mass is 16.5. The van der Waals surface area contributed by atoms with E-state index in [1.54, 1.807) is 0 Å². The largest absolute Gasteiger partial charge is 0.379 e. The molecule has 0 radical (unpaired) electrons. The summed E-state index contributed by atoms with van der Waals surface area (Å²) >= 11 is 0. The Kier molecular flexibility index (Phi) is 4.87. The summed E-state index contributed by atoms with van der Waals surface area (Å²) in [5.41, 5.74) is 0. The molecule has 1 aromatic rings. The number of likely N-dealkylation sites (N-methyl/N-ethyl adjacent to an activating group) is 1. The van der Waals surface area contributed by atoms with E-state index in [1.165, 1.54) is 19.4 Å². The van der Waals surface area contributed by atoms with Crippen LogP contribution in [-0.4, -0.2) is 70.5 Å². The average molecular weight is 293 g/mol.